The number of carbonyl (C=O) groups excluding carboxylic acids is 1. The monoisotopic (exact) mass is 375 g/mol. The first kappa shape index (κ1) is 19.5. The van der Waals surface area contributed by atoms with Crippen molar-refractivity contribution in [2.75, 3.05) is 38.3 Å². The molecule has 1 fully saturated rings. The summed E-state index contributed by atoms with van der Waals surface area (Å²) in [5.41, 5.74) is 1.53. The first-order chi connectivity index (χ1) is 13.2. The number of anilines is 1. The molecule has 0 radical (unpaired) electrons. The van der Waals surface area contributed by atoms with E-state index in [1.165, 1.54) is 0 Å². The molecule has 1 amide bonds. The van der Waals surface area contributed by atoms with Crippen LogP contribution in [-0.4, -0.2) is 49.3 Å². The van der Waals surface area contributed by atoms with Gasteiger partial charge in [0.25, 0.3) is 6.01 Å². The van der Waals surface area contributed by atoms with Crippen LogP contribution in [0.5, 0.6) is 5.75 Å². The van der Waals surface area contributed by atoms with Crippen molar-refractivity contribution in [2.24, 2.45) is 5.92 Å². The standard InChI is InChI=1S/C20H29N3O4/c1-26-16-7-8-18-17(13-16)22-20(27-18)23-10-5-6-15(14-23)12-19(25)21-9-3-2-4-11-24/h7-8,13,15,24H,2-6,9-12,14H2,1H3,(H,21,25). The van der Waals surface area contributed by atoms with E-state index in [-0.39, 0.29) is 12.5 Å². The second-order valence-electron chi connectivity index (χ2n) is 7.12. The van der Waals surface area contributed by atoms with Gasteiger partial charge in [0.2, 0.25) is 5.91 Å². The fraction of sp³-hybridized carbons (Fsp3) is 0.600. The Morgan fingerprint density at radius 2 is 2.30 bits per heavy atom. The summed E-state index contributed by atoms with van der Waals surface area (Å²) < 4.78 is 11.1. The van der Waals surface area contributed by atoms with Crippen molar-refractivity contribution < 1.29 is 19.1 Å². The lowest BCUT2D eigenvalue weighted by molar-refractivity contribution is -0.122. The lowest BCUT2D eigenvalue weighted by Crippen LogP contribution is -2.38. The molecule has 1 aromatic carbocycles. The molecule has 1 aromatic heterocycles. The zero-order valence-electron chi connectivity index (χ0n) is 15.9. The summed E-state index contributed by atoms with van der Waals surface area (Å²) in [5, 5.41) is 11.8. The van der Waals surface area contributed by atoms with Gasteiger partial charge in [0.1, 0.15) is 11.3 Å². The number of oxazole rings is 1. The highest BCUT2D eigenvalue weighted by Crippen LogP contribution is 2.29. The number of nitrogens with zero attached hydrogens (tertiary/aromatic N) is 2. The second kappa shape index (κ2) is 9.60. The van der Waals surface area contributed by atoms with Gasteiger partial charge in [-0.05, 0) is 50.2 Å². The molecule has 1 aliphatic heterocycles. The molecule has 0 aliphatic carbocycles. The van der Waals surface area contributed by atoms with Crippen molar-refractivity contribution in [1.29, 1.82) is 0 Å². The van der Waals surface area contributed by atoms with E-state index in [1.54, 1.807) is 7.11 Å². The van der Waals surface area contributed by atoms with Crippen LogP contribution in [0.2, 0.25) is 0 Å². The Morgan fingerprint density at radius 1 is 1.41 bits per heavy atom. The van der Waals surface area contributed by atoms with Crippen LogP contribution >= 0.6 is 0 Å². The first-order valence-corrected chi connectivity index (χ1v) is 9.76. The average Bonchev–Trinajstić information content (AvgIpc) is 3.11. The topological polar surface area (TPSA) is 87.8 Å². The number of benzene rings is 1. The molecule has 0 spiro atoms. The third kappa shape index (κ3) is 5.35. The summed E-state index contributed by atoms with van der Waals surface area (Å²) in [5.74, 6) is 1.17. The number of amides is 1. The van der Waals surface area contributed by atoms with Crippen LogP contribution in [0, 0.1) is 5.92 Å². The van der Waals surface area contributed by atoms with Gasteiger partial charge in [-0.15, -0.1) is 0 Å². The summed E-state index contributed by atoms with van der Waals surface area (Å²) in [7, 11) is 1.63. The summed E-state index contributed by atoms with van der Waals surface area (Å²) in [6.07, 6.45) is 5.25. The SMILES string of the molecule is COc1ccc2oc(N3CCCC(CC(=O)NCCCCCO)C3)nc2c1. The number of hydrogen-bond acceptors (Lipinski definition) is 6. The number of carbonyl (C=O) groups is 1. The van der Waals surface area contributed by atoms with E-state index in [0.29, 0.717) is 24.9 Å². The third-order valence-electron chi connectivity index (χ3n) is 5.00. The van der Waals surface area contributed by atoms with Crippen LogP contribution in [0.4, 0.5) is 6.01 Å². The van der Waals surface area contributed by atoms with Gasteiger partial charge in [-0.2, -0.15) is 4.98 Å². The quantitative estimate of drug-likeness (QED) is 0.655. The van der Waals surface area contributed by atoms with Crippen LogP contribution in [0.25, 0.3) is 11.1 Å². The third-order valence-corrected chi connectivity index (χ3v) is 5.00. The molecule has 2 N–H and O–H groups in total. The Bertz CT molecular complexity index is 746. The van der Waals surface area contributed by atoms with Crippen LogP contribution in [0.3, 0.4) is 0 Å². The van der Waals surface area contributed by atoms with Gasteiger partial charge in [-0.1, -0.05) is 0 Å². The molecular formula is C20H29N3O4. The molecule has 148 valence electrons. The molecule has 1 atom stereocenters. The van der Waals surface area contributed by atoms with Crippen molar-refractivity contribution >= 4 is 23.0 Å². The molecule has 2 aromatic rings. The molecule has 3 rings (SSSR count). The van der Waals surface area contributed by atoms with Gasteiger partial charge < -0.3 is 24.5 Å². The highest BCUT2D eigenvalue weighted by Gasteiger charge is 2.25. The van der Waals surface area contributed by atoms with Crippen LogP contribution in [0.15, 0.2) is 22.6 Å². The number of aromatic nitrogens is 1. The molecule has 2 heterocycles. The van der Waals surface area contributed by atoms with Gasteiger partial charge in [0.05, 0.1) is 7.11 Å². The van der Waals surface area contributed by atoms with Gasteiger partial charge in [0, 0.05) is 38.7 Å². The number of ether oxygens (including phenoxy) is 1. The smallest absolute Gasteiger partial charge is 0.298 e. The Labute approximate surface area is 159 Å². The fourth-order valence-electron chi connectivity index (χ4n) is 3.54. The normalized spacial score (nSPS) is 17.3. The lowest BCUT2D eigenvalue weighted by atomic mass is 9.94. The molecule has 1 aliphatic rings. The van der Waals surface area contributed by atoms with E-state index in [4.69, 9.17) is 14.3 Å². The maximum Gasteiger partial charge on any atom is 0.298 e. The van der Waals surface area contributed by atoms with Crippen molar-refractivity contribution in [3.8, 4) is 5.75 Å². The minimum Gasteiger partial charge on any atom is -0.497 e. The molecule has 27 heavy (non-hydrogen) atoms. The predicted molar refractivity (Wildman–Crippen MR) is 104 cm³/mol. The van der Waals surface area contributed by atoms with Crippen molar-refractivity contribution in [3.63, 3.8) is 0 Å². The van der Waals surface area contributed by atoms with Gasteiger partial charge in [-0.3, -0.25) is 4.79 Å². The van der Waals surface area contributed by atoms with Crippen LogP contribution < -0.4 is 15.0 Å². The number of aliphatic hydroxyl groups excluding tert-OH is 1. The highest BCUT2D eigenvalue weighted by atomic mass is 16.5. The Morgan fingerprint density at radius 3 is 3.11 bits per heavy atom. The minimum absolute atomic E-state index is 0.105. The van der Waals surface area contributed by atoms with Crippen LogP contribution in [-0.2, 0) is 4.79 Å². The highest BCUT2D eigenvalue weighted by molar-refractivity contribution is 5.77. The fourth-order valence-corrected chi connectivity index (χ4v) is 3.54. The van der Waals surface area contributed by atoms with Gasteiger partial charge in [-0.25, -0.2) is 0 Å². The second-order valence-corrected chi connectivity index (χ2v) is 7.12. The Kier molecular flexibility index (Phi) is 6.92. The first-order valence-electron chi connectivity index (χ1n) is 9.76. The number of hydrogen-bond donors (Lipinski definition) is 2. The van der Waals surface area contributed by atoms with E-state index < -0.39 is 0 Å². The zero-order chi connectivity index (χ0) is 19.1. The summed E-state index contributed by atoms with van der Waals surface area (Å²) >= 11 is 0. The van der Waals surface area contributed by atoms with Crippen molar-refractivity contribution in [1.82, 2.24) is 10.3 Å². The summed E-state index contributed by atoms with van der Waals surface area (Å²) in [6.45, 7) is 2.57. The number of nitrogens with one attached hydrogen (secondary N) is 1. The van der Waals surface area contributed by atoms with Gasteiger partial charge in [0.15, 0.2) is 5.58 Å². The summed E-state index contributed by atoms with van der Waals surface area (Å²) in [6, 6.07) is 6.22. The van der Waals surface area contributed by atoms with Crippen LogP contribution in [0.1, 0.15) is 38.5 Å². The zero-order valence-corrected chi connectivity index (χ0v) is 15.9. The van der Waals surface area contributed by atoms with E-state index >= 15 is 0 Å². The van der Waals surface area contributed by atoms with Crippen molar-refractivity contribution in [2.45, 2.75) is 38.5 Å². The molecule has 7 nitrogen and oxygen atoms in total. The van der Waals surface area contributed by atoms with Gasteiger partial charge >= 0.3 is 0 Å². The number of aliphatic hydroxyl groups is 1. The molecule has 1 unspecified atom stereocenters. The summed E-state index contributed by atoms with van der Waals surface area (Å²) in [4.78, 5) is 18.9. The average molecular weight is 375 g/mol. The van der Waals surface area contributed by atoms with Crippen molar-refractivity contribution in [3.05, 3.63) is 18.2 Å². The molecule has 0 bridgehead atoms. The molecular weight excluding hydrogens is 346 g/mol. The number of rotatable bonds is 9. The molecule has 1 saturated heterocycles. The van der Waals surface area contributed by atoms with E-state index in [0.717, 1.165) is 62.0 Å². The predicted octanol–water partition coefficient (Wildman–Crippen LogP) is 2.72. The number of unbranched alkanes of at least 4 members (excludes halogenated alkanes) is 2. The van der Waals surface area contributed by atoms with E-state index in [1.807, 2.05) is 18.2 Å². The largest absolute Gasteiger partial charge is 0.497 e. The Hall–Kier alpha value is -2.28. The van der Waals surface area contributed by atoms with E-state index in [2.05, 4.69) is 15.2 Å². The Balaban J connectivity index is 1.52. The molecule has 7 heteroatoms. The lowest BCUT2D eigenvalue weighted by Gasteiger charge is -2.31. The maximum atomic E-state index is 12.2. The number of methoxy groups -OCH3 is 1. The number of piperidine rings is 1. The van der Waals surface area contributed by atoms with E-state index in [9.17, 15) is 4.79 Å². The molecule has 0 saturated carbocycles. The number of fused-ring (bicyclic) bond motifs is 1. The minimum atomic E-state index is 0.105. The maximum absolute atomic E-state index is 12.2.